The van der Waals surface area contributed by atoms with Crippen molar-refractivity contribution in [1.29, 1.82) is 0 Å². The number of nitrogens with zero attached hydrogens (tertiary/aromatic N) is 3. The second kappa shape index (κ2) is 2.55. The molecule has 0 spiro atoms. The van der Waals surface area contributed by atoms with Crippen LogP contribution in [0.5, 0.6) is 0 Å². The Labute approximate surface area is 70.2 Å². The lowest BCUT2D eigenvalue weighted by molar-refractivity contribution is -0.117. The summed E-state index contributed by atoms with van der Waals surface area (Å²) in [5.74, 6) is 0.212. The first-order valence-electron chi connectivity index (χ1n) is 3.79. The molecular weight excluding hydrogens is 154 g/mol. The van der Waals surface area contributed by atoms with E-state index in [-0.39, 0.29) is 5.78 Å². The SMILES string of the molecule is CN1CC(=O)Cc2ncncc21. The molecule has 1 aliphatic rings. The first-order chi connectivity index (χ1) is 5.77. The highest BCUT2D eigenvalue weighted by molar-refractivity contribution is 5.89. The van der Waals surface area contributed by atoms with Crippen LogP contribution in [0.1, 0.15) is 5.69 Å². The molecule has 2 rings (SSSR count). The Morgan fingerprint density at radius 3 is 3.25 bits per heavy atom. The smallest absolute Gasteiger partial charge is 0.158 e. The van der Waals surface area contributed by atoms with Gasteiger partial charge in [0.15, 0.2) is 5.78 Å². The molecule has 0 aromatic carbocycles. The van der Waals surface area contributed by atoms with E-state index in [0.717, 1.165) is 11.4 Å². The number of carbonyl (C=O) groups excluding carboxylic acids is 1. The van der Waals surface area contributed by atoms with Gasteiger partial charge in [0.25, 0.3) is 0 Å². The van der Waals surface area contributed by atoms with Crippen molar-refractivity contribution in [3.63, 3.8) is 0 Å². The van der Waals surface area contributed by atoms with Crippen LogP contribution in [0.2, 0.25) is 0 Å². The fourth-order valence-electron chi connectivity index (χ4n) is 1.40. The number of rotatable bonds is 0. The van der Waals surface area contributed by atoms with Crippen LogP contribution in [0.3, 0.4) is 0 Å². The standard InChI is InChI=1S/C8H9N3O/c1-11-4-6(12)2-7-8(11)3-9-5-10-7/h3,5H,2,4H2,1H3. The summed E-state index contributed by atoms with van der Waals surface area (Å²) in [5, 5.41) is 0. The lowest BCUT2D eigenvalue weighted by Gasteiger charge is -2.24. The zero-order valence-electron chi connectivity index (χ0n) is 6.82. The van der Waals surface area contributed by atoms with Gasteiger partial charge in [0.1, 0.15) is 6.33 Å². The van der Waals surface area contributed by atoms with Crippen molar-refractivity contribution in [3.05, 3.63) is 18.2 Å². The van der Waals surface area contributed by atoms with Gasteiger partial charge in [-0.25, -0.2) is 9.97 Å². The van der Waals surface area contributed by atoms with E-state index in [9.17, 15) is 4.79 Å². The van der Waals surface area contributed by atoms with E-state index in [1.165, 1.54) is 6.33 Å². The maximum absolute atomic E-state index is 11.1. The third kappa shape index (κ3) is 1.05. The maximum atomic E-state index is 11.1. The van der Waals surface area contributed by atoms with Gasteiger partial charge in [-0.15, -0.1) is 0 Å². The summed E-state index contributed by atoms with van der Waals surface area (Å²) in [4.78, 5) is 21.0. The number of anilines is 1. The van der Waals surface area contributed by atoms with Crippen LogP contribution in [-0.4, -0.2) is 29.3 Å². The number of fused-ring (bicyclic) bond motifs is 1. The van der Waals surface area contributed by atoms with Crippen molar-refractivity contribution >= 4 is 11.5 Å². The van der Waals surface area contributed by atoms with E-state index in [2.05, 4.69) is 9.97 Å². The van der Waals surface area contributed by atoms with Crippen molar-refractivity contribution in [3.8, 4) is 0 Å². The normalized spacial score (nSPS) is 16.1. The summed E-state index contributed by atoms with van der Waals surface area (Å²) in [5.41, 5.74) is 1.81. The van der Waals surface area contributed by atoms with E-state index in [4.69, 9.17) is 0 Å². The van der Waals surface area contributed by atoms with Crippen LogP contribution >= 0.6 is 0 Å². The molecule has 1 aromatic rings. The molecule has 0 radical (unpaired) electrons. The fraction of sp³-hybridized carbons (Fsp3) is 0.375. The molecule has 0 bridgehead atoms. The molecule has 1 aromatic heterocycles. The predicted octanol–water partition coefficient (Wildman–Crippen LogP) is 0.0380. The monoisotopic (exact) mass is 163 g/mol. The summed E-state index contributed by atoms with van der Waals surface area (Å²) in [7, 11) is 1.87. The molecule has 0 saturated heterocycles. The minimum Gasteiger partial charge on any atom is -0.365 e. The molecule has 1 aliphatic heterocycles. The zero-order valence-corrected chi connectivity index (χ0v) is 6.82. The molecule has 0 amide bonds. The Balaban J connectivity index is 2.47. The lowest BCUT2D eigenvalue weighted by atomic mass is 10.1. The van der Waals surface area contributed by atoms with Crippen LogP contribution in [0, 0.1) is 0 Å². The van der Waals surface area contributed by atoms with Crippen LogP contribution < -0.4 is 4.90 Å². The van der Waals surface area contributed by atoms with Crippen LogP contribution in [-0.2, 0) is 11.2 Å². The molecule has 4 nitrogen and oxygen atoms in total. The maximum Gasteiger partial charge on any atom is 0.158 e. The van der Waals surface area contributed by atoms with Gasteiger partial charge in [-0.05, 0) is 0 Å². The van der Waals surface area contributed by atoms with Crippen LogP contribution in [0.4, 0.5) is 5.69 Å². The van der Waals surface area contributed by atoms with Gasteiger partial charge < -0.3 is 4.90 Å². The molecule has 0 N–H and O–H groups in total. The topological polar surface area (TPSA) is 46.1 Å². The Kier molecular flexibility index (Phi) is 1.53. The van der Waals surface area contributed by atoms with E-state index in [1.54, 1.807) is 6.20 Å². The van der Waals surface area contributed by atoms with E-state index < -0.39 is 0 Å². The van der Waals surface area contributed by atoms with Gasteiger partial charge in [-0.2, -0.15) is 0 Å². The van der Waals surface area contributed by atoms with Gasteiger partial charge in [0.05, 0.1) is 30.5 Å². The van der Waals surface area contributed by atoms with Crippen molar-refractivity contribution in [1.82, 2.24) is 9.97 Å². The zero-order chi connectivity index (χ0) is 8.55. The molecule has 0 unspecified atom stereocenters. The highest BCUT2D eigenvalue weighted by Gasteiger charge is 2.20. The molecule has 0 fully saturated rings. The second-order valence-corrected chi connectivity index (χ2v) is 2.93. The largest absolute Gasteiger partial charge is 0.365 e. The van der Waals surface area contributed by atoms with Crippen LogP contribution in [0.15, 0.2) is 12.5 Å². The van der Waals surface area contributed by atoms with Crippen LogP contribution in [0.25, 0.3) is 0 Å². The molecule has 0 atom stereocenters. The Bertz CT molecular complexity index is 324. The van der Waals surface area contributed by atoms with E-state index >= 15 is 0 Å². The summed E-state index contributed by atoms with van der Waals surface area (Å²) in [6.07, 6.45) is 3.67. The average Bonchev–Trinajstić information content (AvgIpc) is 2.04. The minimum absolute atomic E-state index is 0.212. The molecule has 0 aliphatic carbocycles. The summed E-state index contributed by atoms with van der Waals surface area (Å²) >= 11 is 0. The Hall–Kier alpha value is -1.45. The van der Waals surface area contributed by atoms with Gasteiger partial charge in [0, 0.05) is 7.05 Å². The third-order valence-corrected chi connectivity index (χ3v) is 1.96. The third-order valence-electron chi connectivity index (χ3n) is 1.96. The number of hydrogen-bond acceptors (Lipinski definition) is 4. The Morgan fingerprint density at radius 1 is 1.58 bits per heavy atom. The quantitative estimate of drug-likeness (QED) is 0.541. The first-order valence-corrected chi connectivity index (χ1v) is 3.79. The number of carbonyl (C=O) groups is 1. The van der Waals surface area contributed by atoms with Gasteiger partial charge in [0.2, 0.25) is 0 Å². The molecule has 62 valence electrons. The highest BCUT2D eigenvalue weighted by Crippen LogP contribution is 2.20. The first kappa shape index (κ1) is 7.21. The van der Waals surface area contributed by atoms with E-state index in [0.29, 0.717) is 13.0 Å². The van der Waals surface area contributed by atoms with Crippen molar-refractivity contribution in [2.45, 2.75) is 6.42 Å². The average molecular weight is 163 g/mol. The van der Waals surface area contributed by atoms with E-state index in [1.807, 2.05) is 11.9 Å². The molecule has 2 heterocycles. The molecule has 12 heavy (non-hydrogen) atoms. The second-order valence-electron chi connectivity index (χ2n) is 2.93. The number of ketones is 1. The summed E-state index contributed by atoms with van der Waals surface area (Å²) in [6.45, 7) is 0.473. The number of likely N-dealkylation sites (N-methyl/N-ethyl adjacent to an activating group) is 1. The highest BCUT2D eigenvalue weighted by atomic mass is 16.1. The number of aromatic nitrogens is 2. The molecule has 4 heteroatoms. The summed E-state index contributed by atoms with van der Waals surface area (Å²) < 4.78 is 0. The molecular formula is C8H9N3O. The lowest BCUT2D eigenvalue weighted by Crippen LogP contribution is -2.32. The van der Waals surface area contributed by atoms with Gasteiger partial charge in [-0.1, -0.05) is 0 Å². The molecule has 0 saturated carbocycles. The van der Waals surface area contributed by atoms with Crippen molar-refractivity contribution in [2.75, 3.05) is 18.5 Å². The van der Waals surface area contributed by atoms with Gasteiger partial charge >= 0.3 is 0 Å². The number of hydrogen-bond donors (Lipinski definition) is 0. The number of Topliss-reactive ketones (excluding diaryl/α,β-unsaturated/α-hetero) is 1. The van der Waals surface area contributed by atoms with Gasteiger partial charge in [-0.3, -0.25) is 4.79 Å². The summed E-state index contributed by atoms with van der Waals surface area (Å²) in [6, 6.07) is 0. The van der Waals surface area contributed by atoms with Crippen molar-refractivity contribution in [2.24, 2.45) is 0 Å². The van der Waals surface area contributed by atoms with Crippen molar-refractivity contribution < 1.29 is 4.79 Å². The fourth-order valence-corrected chi connectivity index (χ4v) is 1.40. The Morgan fingerprint density at radius 2 is 2.42 bits per heavy atom. The predicted molar refractivity (Wildman–Crippen MR) is 44.0 cm³/mol. The minimum atomic E-state index is 0.212.